The maximum Gasteiger partial charge on any atom is 0.263 e. The smallest absolute Gasteiger partial charge is 0.263 e. The van der Waals surface area contributed by atoms with E-state index in [-0.39, 0.29) is 22.6 Å². The zero-order valence-electron chi connectivity index (χ0n) is 9.89. The molecule has 1 amide bonds. The van der Waals surface area contributed by atoms with Crippen LogP contribution in [0, 0.1) is 0 Å². The molecule has 106 valence electrons. The number of halogens is 1. The van der Waals surface area contributed by atoms with Crippen molar-refractivity contribution in [3.8, 4) is 0 Å². The summed E-state index contributed by atoms with van der Waals surface area (Å²) in [6.07, 6.45) is -0.940. The Balaban J connectivity index is 2.48. The number of nitrogens with two attached hydrogens (primary N) is 1. The van der Waals surface area contributed by atoms with Gasteiger partial charge in [-0.2, -0.15) is 4.31 Å². The van der Waals surface area contributed by atoms with Crippen molar-refractivity contribution in [1.29, 1.82) is 0 Å². The van der Waals surface area contributed by atoms with E-state index in [4.69, 9.17) is 5.73 Å². The van der Waals surface area contributed by atoms with Crippen LogP contribution in [0.15, 0.2) is 9.63 Å². The van der Waals surface area contributed by atoms with Gasteiger partial charge in [-0.25, -0.2) is 13.1 Å². The molecular formula is C8H12BrN5O4S. The van der Waals surface area contributed by atoms with Gasteiger partial charge in [0.1, 0.15) is 6.04 Å². The third kappa shape index (κ3) is 2.38. The number of aryl methyl sites for hydroxylation is 1. The van der Waals surface area contributed by atoms with Gasteiger partial charge in [-0.1, -0.05) is 5.21 Å². The zero-order chi connectivity index (χ0) is 14.4. The number of aromatic nitrogens is 3. The molecule has 11 heteroatoms. The molecule has 2 rings (SSSR count). The van der Waals surface area contributed by atoms with E-state index in [1.54, 1.807) is 0 Å². The summed E-state index contributed by atoms with van der Waals surface area (Å²) in [5.74, 6) is -0.800. The number of aliphatic hydroxyl groups is 1. The number of rotatable bonds is 3. The lowest BCUT2D eigenvalue weighted by Gasteiger charge is -2.20. The molecule has 0 aromatic carbocycles. The number of primary amides is 1. The van der Waals surface area contributed by atoms with E-state index in [1.165, 1.54) is 7.05 Å². The fraction of sp³-hybridized carbons (Fsp3) is 0.625. The van der Waals surface area contributed by atoms with Gasteiger partial charge >= 0.3 is 0 Å². The van der Waals surface area contributed by atoms with Crippen LogP contribution in [-0.4, -0.2) is 57.4 Å². The summed E-state index contributed by atoms with van der Waals surface area (Å²) in [5, 5.41) is 16.5. The summed E-state index contributed by atoms with van der Waals surface area (Å²) in [5.41, 5.74) is 5.17. The minimum absolute atomic E-state index is 0.0164. The van der Waals surface area contributed by atoms with Crippen LogP contribution in [-0.2, 0) is 21.9 Å². The van der Waals surface area contributed by atoms with Gasteiger partial charge in [0, 0.05) is 20.0 Å². The maximum absolute atomic E-state index is 12.5. The van der Waals surface area contributed by atoms with Crippen LogP contribution in [0.3, 0.4) is 0 Å². The Morgan fingerprint density at radius 1 is 1.58 bits per heavy atom. The van der Waals surface area contributed by atoms with Gasteiger partial charge in [-0.05, 0) is 15.9 Å². The Kier molecular flexibility index (Phi) is 3.64. The SMILES string of the molecule is Cn1nnc(Br)c1S(=O)(=O)N1CC(O)CC1C(N)=O. The van der Waals surface area contributed by atoms with Crippen LogP contribution in [0.25, 0.3) is 0 Å². The lowest BCUT2D eigenvalue weighted by molar-refractivity contribution is -0.121. The van der Waals surface area contributed by atoms with Crippen molar-refractivity contribution in [2.24, 2.45) is 12.8 Å². The minimum atomic E-state index is -4.02. The molecule has 3 N–H and O–H groups in total. The second-order valence-corrected chi connectivity index (χ2v) is 6.75. The Morgan fingerprint density at radius 2 is 2.21 bits per heavy atom. The normalized spacial score (nSPS) is 24.8. The molecule has 1 fully saturated rings. The van der Waals surface area contributed by atoms with Crippen molar-refractivity contribution in [2.75, 3.05) is 6.54 Å². The van der Waals surface area contributed by atoms with Crippen molar-refractivity contribution < 1.29 is 18.3 Å². The van der Waals surface area contributed by atoms with Crippen LogP contribution >= 0.6 is 15.9 Å². The van der Waals surface area contributed by atoms with Gasteiger partial charge in [-0.3, -0.25) is 4.79 Å². The molecule has 0 aliphatic carbocycles. The molecule has 2 heterocycles. The molecule has 1 saturated heterocycles. The highest BCUT2D eigenvalue weighted by atomic mass is 79.9. The average molecular weight is 354 g/mol. The fourth-order valence-corrected chi connectivity index (χ4v) is 4.70. The largest absolute Gasteiger partial charge is 0.392 e. The third-order valence-electron chi connectivity index (χ3n) is 2.85. The van der Waals surface area contributed by atoms with Gasteiger partial charge in [0.25, 0.3) is 10.0 Å². The highest BCUT2D eigenvalue weighted by molar-refractivity contribution is 9.10. The Labute approximate surface area is 117 Å². The average Bonchev–Trinajstić information content (AvgIpc) is 2.83. The number of nitrogens with zero attached hydrogens (tertiary/aromatic N) is 4. The lowest BCUT2D eigenvalue weighted by atomic mass is 10.2. The predicted molar refractivity (Wildman–Crippen MR) is 66.2 cm³/mol. The van der Waals surface area contributed by atoms with Crippen LogP contribution in [0.1, 0.15) is 6.42 Å². The van der Waals surface area contributed by atoms with Crippen molar-refractivity contribution in [3.63, 3.8) is 0 Å². The highest BCUT2D eigenvalue weighted by Gasteiger charge is 2.44. The summed E-state index contributed by atoms with van der Waals surface area (Å²) in [6.45, 7) is -0.187. The summed E-state index contributed by atoms with van der Waals surface area (Å²) >= 11 is 2.99. The zero-order valence-corrected chi connectivity index (χ0v) is 12.3. The number of carbonyl (C=O) groups is 1. The summed E-state index contributed by atoms with van der Waals surface area (Å²) in [7, 11) is -2.61. The topological polar surface area (TPSA) is 131 Å². The second-order valence-electron chi connectivity index (χ2n) is 4.19. The molecule has 2 unspecified atom stereocenters. The number of carbonyl (C=O) groups excluding carboxylic acids is 1. The first-order chi connectivity index (χ1) is 8.75. The van der Waals surface area contributed by atoms with Crippen molar-refractivity contribution >= 4 is 31.9 Å². The van der Waals surface area contributed by atoms with Gasteiger partial charge in [0.15, 0.2) is 4.60 Å². The predicted octanol–water partition coefficient (Wildman–Crippen LogP) is -1.81. The number of β-amino-alcohol motifs (C(OH)–C–C–N with tert-alkyl or cyclic N) is 1. The van der Waals surface area contributed by atoms with Crippen molar-refractivity contribution in [3.05, 3.63) is 4.60 Å². The standard InChI is InChI=1S/C8H12BrN5O4S/c1-13-8(6(9)11-12-13)19(17,18)14-3-4(15)2-5(14)7(10)16/h4-5,15H,2-3H2,1H3,(H2,10,16). The van der Waals surface area contributed by atoms with Crippen molar-refractivity contribution in [2.45, 2.75) is 23.6 Å². The lowest BCUT2D eigenvalue weighted by Crippen LogP contribution is -2.44. The Hall–Kier alpha value is -1.04. The first kappa shape index (κ1) is 14.4. The molecule has 1 aromatic rings. The molecule has 0 radical (unpaired) electrons. The fourth-order valence-electron chi connectivity index (χ4n) is 2.02. The molecular weight excluding hydrogens is 342 g/mol. The van der Waals surface area contributed by atoms with Gasteiger partial charge in [0.05, 0.1) is 6.10 Å². The summed E-state index contributed by atoms with van der Waals surface area (Å²) in [4.78, 5) is 11.3. The minimum Gasteiger partial charge on any atom is -0.392 e. The van der Waals surface area contributed by atoms with E-state index in [2.05, 4.69) is 26.2 Å². The first-order valence-corrected chi connectivity index (χ1v) is 7.53. The number of hydrogen-bond donors (Lipinski definition) is 2. The first-order valence-electron chi connectivity index (χ1n) is 5.29. The van der Waals surface area contributed by atoms with E-state index in [0.717, 1.165) is 8.99 Å². The second kappa shape index (κ2) is 4.81. The molecule has 2 atom stereocenters. The third-order valence-corrected chi connectivity index (χ3v) is 5.62. The van der Waals surface area contributed by atoms with Crippen LogP contribution in [0.2, 0.25) is 0 Å². The molecule has 1 aliphatic rings. The van der Waals surface area contributed by atoms with Crippen LogP contribution in [0.4, 0.5) is 0 Å². The van der Waals surface area contributed by atoms with Gasteiger partial charge < -0.3 is 10.8 Å². The van der Waals surface area contributed by atoms with Crippen LogP contribution < -0.4 is 5.73 Å². The molecule has 9 nitrogen and oxygen atoms in total. The molecule has 1 aliphatic heterocycles. The maximum atomic E-state index is 12.5. The Morgan fingerprint density at radius 3 is 2.68 bits per heavy atom. The van der Waals surface area contributed by atoms with E-state index >= 15 is 0 Å². The molecule has 0 spiro atoms. The monoisotopic (exact) mass is 353 g/mol. The quantitative estimate of drug-likeness (QED) is 0.658. The van der Waals surface area contributed by atoms with E-state index < -0.39 is 28.1 Å². The van der Waals surface area contributed by atoms with Crippen molar-refractivity contribution in [1.82, 2.24) is 19.3 Å². The summed E-state index contributed by atoms with van der Waals surface area (Å²) in [6, 6.07) is -1.07. The Bertz CT molecular complexity index is 595. The molecule has 0 saturated carbocycles. The van der Waals surface area contributed by atoms with E-state index in [0.29, 0.717) is 0 Å². The number of amides is 1. The van der Waals surface area contributed by atoms with E-state index in [1.807, 2.05) is 0 Å². The molecule has 1 aromatic heterocycles. The highest BCUT2D eigenvalue weighted by Crippen LogP contribution is 2.28. The van der Waals surface area contributed by atoms with Crippen LogP contribution in [0.5, 0.6) is 0 Å². The molecule has 19 heavy (non-hydrogen) atoms. The number of aliphatic hydroxyl groups excluding tert-OH is 1. The van der Waals surface area contributed by atoms with E-state index in [9.17, 15) is 18.3 Å². The molecule has 0 bridgehead atoms. The summed E-state index contributed by atoms with van der Waals surface area (Å²) < 4.78 is 26.9. The van der Waals surface area contributed by atoms with Gasteiger partial charge in [0.2, 0.25) is 10.9 Å². The van der Waals surface area contributed by atoms with Gasteiger partial charge in [-0.15, -0.1) is 5.10 Å². The number of hydrogen-bond acceptors (Lipinski definition) is 6. The number of sulfonamides is 1.